The van der Waals surface area contributed by atoms with Gasteiger partial charge in [-0.05, 0) is 50.9 Å². The van der Waals surface area contributed by atoms with Crippen LogP contribution in [0.5, 0.6) is 0 Å². The molecule has 136 valence electrons. The first-order valence-electron chi connectivity index (χ1n) is 8.26. The number of benzene rings is 1. The van der Waals surface area contributed by atoms with Gasteiger partial charge in [-0.15, -0.1) is 0 Å². The predicted octanol–water partition coefficient (Wildman–Crippen LogP) is 2.46. The van der Waals surface area contributed by atoms with Gasteiger partial charge in [0.05, 0.1) is 5.52 Å². The number of rotatable bonds is 4. The number of carbonyl (C=O) groups excluding carboxylic acids is 1. The van der Waals surface area contributed by atoms with E-state index in [2.05, 4.69) is 9.69 Å². The van der Waals surface area contributed by atoms with Crippen LogP contribution >= 0.6 is 11.5 Å². The summed E-state index contributed by atoms with van der Waals surface area (Å²) in [7, 11) is 0. The Kier molecular flexibility index (Phi) is 4.78. The fraction of sp³-hybridized carbons (Fsp3) is 0.333. The Morgan fingerprint density at radius 1 is 1.27 bits per heavy atom. The topological polar surface area (TPSA) is 86.0 Å². The van der Waals surface area contributed by atoms with Crippen molar-refractivity contribution in [3.05, 3.63) is 55.5 Å². The second-order valence-electron chi connectivity index (χ2n) is 6.55. The third-order valence-corrected chi connectivity index (χ3v) is 4.79. The van der Waals surface area contributed by atoms with E-state index < -0.39 is 11.2 Å². The lowest BCUT2D eigenvalue weighted by atomic mass is 10.1. The Morgan fingerprint density at radius 3 is 2.65 bits per heavy atom. The lowest BCUT2D eigenvalue weighted by molar-refractivity contribution is -0.116. The molecule has 0 aliphatic heterocycles. The smallest absolute Gasteiger partial charge is 0.324 e. The molecule has 7 nitrogen and oxygen atoms in total. The lowest BCUT2D eigenvalue weighted by Gasteiger charge is -2.14. The van der Waals surface area contributed by atoms with E-state index in [9.17, 15) is 14.4 Å². The summed E-state index contributed by atoms with van der Waals surface area (Å²) in [5.41, 5.74) is 2.42. The zero-order valence-electron chi connectivity index (χ0n) is 15.1. The molecule has 0 radical (unpaired) electrons. The molecular weight excluding hydrogens is 352 g/mol. The summed E-state index contributed by atoms with van der Waals surface area (Å²) in [6, 6.07) is 5.40. The molecule has 0 saturated carbocycles. The largest absolute Gasteiger partial charge is 0.332 e. The first-order valence-corrected chi connectivity index (χ1v) is 9.09. The van der Waals surface area contributed by atoms with Crippen molar-refractivity contribution in [2.75, 3.05) is 5.32 Å². The van der Waals surface area contributed by atoms with Crippen LogP contribution in [0.25, 0.3) is 11.0 Å². The summed E-state index contributed by atoms with van der Waals surface area (Å²) in [6.07, 6.45) is 0. The summed E-state index contributed by atoms with van der Waals surface area (Å²) in [5.74, 6) is -0.333. The van der Waals surface area contributed by atoms with Crippen LogP contribution in [0.15, 0.2) is 33.2 Å². The van der Waals surface area contributed by atoms with E-state index in [1.165, 1.54) is 4.57 Å². The first-order chi connectivity index (χ1) is 12.3. The minimum Gasteiger partial charge on any atom is -0.324 e. The molecule has 0 saturated heterocycles. The van der Waals surface area contributed by atoms with Crippen molar-refractivity contribution >= 4 is 34.2 Å². The van der Waals surface area contributed by atoms with Gasteiger partial charge in [0, 0.05) is 17.1 Å². The van der Waals surface area contributed by atoms with Crippen molar-refractivity contribution < 1.29 is 4.79 Å². The van der Waals surface area contributed by atoms with Crippen molar-refractivity contribution in [3.8, 4) is 0 Å². The minimum absolute atomic E-state index is 0.186. The number of amides is 1. The SMILES string of the molecule is Cc1ccc(NC(=O)Cn2c(=O)n(C(C)C)c(=O)c3nscc32)c(C)c1. The maximum atomic E-state index is 12.8. The fourth-order valence-corrected chi connectivity index (χ4v) is 3.57. The van der Waals surface area contributed by atoms with E-state index >= 15 is 0 Å². The normalized spacial score (nSPS) is 11.3. The van der Waals surface area contributed by atoms with Crippen LogP contribution in [-0.4, -0.2) is 19.4 Å². The second kappa shape index (κ2) is 6.87. The number of fused-ring (bicyclic) bond motifs is 1. The molecule has 0 atom stereocenters. The highest BCUT2D eigenvalue weighted by molar-refractivity contribution is 7.04. The van der Waals surface area contributed by atoms with Gasteiger partial charge >= 0.3 is 5.69 Å². The molecule has 2 aromatic heterocycles. The summed E-state index contributed by atoms with van der Waals surface area (Å²) < 4.78 is 6.53. The van der Waals surface area contributed by atoms with Crippen LogP contribution < -0.4 is 16.6 Å². The Morgan fingerprint density at radius 2 is 2.00 bits per heavy atom. The Hall–Kier alpha value is -2.74. The molecule has 0 aliphatic rings. The standard InChI is InChI=1S/C18H20N4O3S/c1-10(2)22-17(24)16-14(9-26-20-16)21(18(22)25)8-15(23)19-13-6-5-11(3)7-12(13)4/h5-7,9-10H,8H2,1-4H3,(H,19,23). The molecule has 2 heterocycles. The molecule has 8 heteroatoms. The monoisotopic (exact) mass is 372 g/mol. The van der Waals surface area contributed by atoms with E-state index in [0.29, 0.717) is 11.2 Å². The molecule has 1 amide bonds. The minimum atomic E-state index is -0.506. The van der Waals surface area contributed by atoms with Gasteiger partial charge in [0.2, 0.25) is 5.91 Å². The van der Waals surface area contributed by atoms with E-state index in [4.69, 9.17) is 0 Å². The van der Waals surface area contributed by atoms with Crippen LogP contribution in [0, 0.1) is 13.8 Å². The zero-order chi connectivity index (χ0) is 19.0. The maximum absolute atomic E-state index is 12.8. The molecule has 0 spiro atoms. The van der Waals surface area contributed by atoms with Gasteiger partial charge in [-0.25, -0.2) is 4.79 Å². The molecule has 0 bridgehead atoms. The molecule has 1 N–H and O–H groups in total. The summed E-state index contributed by atoms with van der Waals surface area (Å²) in [6.45, 7) is 7.21. The highest BCUT2D eigenvalue weighted by atomic mass is 32.1. The zero-order valence-corrected chi connectivity index (χ0v) is 15.9. The summed E-state index contributed by atoms with van der Waals surface area (Å²) >= 11 is 1.09. The number of nitrogens with zero attached hydrogens (tertiary/aromatic N) is 3. The first kappa shape index (κ1) is 18.1. The number of carbonyl (C=O) groups is 1. The van der Waals surface area contributed by atoms with Crippen molar-refractivity contribution in [2.45, 2.75) is 40.3 Å². The molecule has 0 aliphatic carbocycles. The van der Waals surface area contributed by atoms with Gasteiger partial charge in [0.25, 0.3) is 5.56 Å². The van der Waals surface area contributed by atoms with Crippen molar-refractivity contribution in [1.29, 1.82) is 0 Å². The van der Waals surface area contributed by atoms with Crippen molar-refractivity contribution in [3.63, 3.8) is 0 Å². The third kappa shape index (κ3) is 3.20. The van der Waals surface area contributed by atoms with Crippen LogP contribution in [0.2, 0.25) is 0 Å². The Balaban J connectivity index is 2.00. The van der Waals surface area contributed by atoms with E-state index in [0.717, 1.165) is 27.2 Å². The number of anilines is 1. The molecule has 26 heavy (non-hydrogen) atoms. The predicted molar refractivity (Wildman–Crippen MR) is 103 cm³/mol. The van der Waals surface area contributed by atoms with Gasteiger partial charge in [0.15, 0.2) is 5.52 Å². The number of aryl methyl sites for hydroxylation is 2. The van der Waals surface area contributed by atoms with Gasteiger partial charge < -0.3 is 5.32 Å². The summed E-state index contributed by atoms with van der Waals surface area (Å²) in [4.78, 5) is 37.7. The molecule has 0 unspecified atom stereocenters. The number of hydrogen-bond donors (Lipinski definition) is 1. The molecule has 3 aromatic rings. The average Bonchev–Trinajstić information content (AvgIpc) is 3.04. The molecule has 1 aromatic carbocycles. The van der Waals surface area contributed by atoms with Crippen molar-refractivity contribution in [2.24, 2.45) is 0 Å². The Bertz CT molecular complexity index is 1110. The number of nitrogens with one attached hydrogen (secondary N) is 1. The van der Waals surface area contributed by atoms with Crippen LogP contribution in [0.1, 0.15) is 31.0 Å². The fourth-order valence-electron chi connectivity index (χ4n) is 2.90. The summed E-state index contributed by atoms with van der Waals surface area (Å²) in [5, 5.41) is 4.45. The van der Waals surface area contributed by atoms with E-state index in [1.54, 1.807) is 19.2 Å². The number of aromatic nitrogens is 3. The second-order valence-corrected chi connectivity index (χ2v) is 7.18. The molecule has 0 fully saturated rings. The third-order valence-electron chi connectivity index (χ3n) is 4.17. The maximum Gasteiger partial charge on any atom is 0.332 e. The van der Waals surface area contributed by atoms with E-state index in [-0.39, 0.29) is 24.0 Å². The lowest BCUT2D eigenvalue weighted by Crippen LogP contribution is -2.42. The van der Waals surface area contributed by atoms with Crippen molar-refractivity contribution in [1.82, 2.24) is 13.5 Å². The quantitative estimate of drug-likeness (QED) is 0.762. The van der Waals surface area contributed by atoms with Gasteiger partial charge in [-0.1, -0.05) is 17.7 Å². The van der Waals surface area contributed by atoms with Gasteiger partial charge in [-0.3, -0.25) is 18.7 Å². The highest BCUT2D eigenvalue weighted by Crippen LogP contribution is 2.16. The van der Waals surface area contributed by atoms with Crippen LogP contribution in [0.3, 0.4) is 0 Å². The van der Waals surface area contributed by atoms with Gasteiger partial charge in [0.1, 0.15) is 6.54 Å². The van der Waals surface area contributed by atoms with Gasteiger partial charge in [-0.2, -0.15) is 4.37 Å². The van der Waals surface area contributed by atoms with E-state index in [1.807, 2.05) is 32.0 Å². The van der Waals surface area contributed by atoms with Crippen LogP contribution in [-0.2, 0) is 11.3 Å². The molecular formula is C18H20N4O3S. The molecule has 3 rings (SSSR count). The number of hydrogen-bond acceptors (Lipinski definition) is 5. The average molecular weight is 372 g/mol. The van der Waals surface area contributed by atoms with Crippen LogP contribution in [0.4, 0.5) is 5.69 Å². The highest BCUT2D eigenvalue weighted by Gasteiger charge is 2.19. The Labute approximate surface area is 154 Å².